The molecule has 0 aliphatic carbocycles. The van der Waals surface area contributed by atoms with E-state index in [4.69, 9.17) is 0 Å². The van der Waals surface area contributed by atoms with Gasteiger partial charge in [0.15, 0.2) is 0 Å². The molecule has 2 heterocycles. The molecule has 4 rings (SSSR count). The largest absolute Gasteiger partial charge is 0.325 e. The Morgan fingerprint density at radius 2 is 1.81 bits per heavy atom. The van der Waals surface area contributed by atoms with E-state index in [9.17, 15) is 4.79 Å². The summed E-state index contributed by atoms with van der Waals surface area (Å²) in [5.74, 6) is 0.415. The Morgan fingerprint density at radius 1 is 1.07 bits per heavy atom. The summed E-state index contributed by atoms with van der Waals surface area (Å²) < 4.78 is 0. The van der Waals surface area contributed by atoms with Crippen molar-refractivity contribution in [2.45, 2.75) is 25.2 Å². The summed E-state index contributed by atoms with van der Waals surface area (Å²) in [6.07, 6.45) is 4.04. The smallest absolute Gasteiger partial charge is 0.230 e. The number of nitrogens with one attached hydrogen (secondary N) is 2. The molecule has 1 saturated heterocycles. The first-order valence-corrected chi connectivity index (χ1v) is 9.36. The Bertz CT molecular complexity index is 900. The second kappa shape index (κ2) is 8.14. The van der Waals surface area contributed by atoms with Crippen LogP contribution in [-0.4, -0.2) is 34.0 Å². The van der Waals surface area contributed by atoms with E-state index in [1.54, 1.807) is 11.0 Å². The maximum atomic E-state index is 12.6. The lowest BCUT2D eigenvalue weighted by atomic mass is 9.89. The summed E-state index contributed by atoms with van der Waals surface area (Å²) in [6, 6.07) is 17.8. The van der Waals surface area contributed by atoms with Crippen molar-refractivity contribution in [1.29, 1.82) is 0 Å². The summed E-state index contributed by atoms with van der Waals surface area (Å²) in [5, 5.41) is 15.1. The van der Waals surface area contributed by atoms with E-state index in [-0.39, 0.29) is 12.3 Å². The molecule has 1 aliphatic heterocycles. The Hall–Kier alpha value is -2.99. The number of benzene rings is 2. The topological polar surface area (TPSA) is 71.8 Å². The van der Waals surface area contributed by atoms with Crippen LogP contribution in [0.5, 0.6) is 0 Å². The maximum absolute atomic E-state index is 12.6. The second-order valence-electron chi connectivity index (χ2n) is 6.80. The second-order valence-corrected chi connectivity index (χ2v) is 6.80. The molecule has 1 fully saturated rings. The predicted octanol–water partition coefficient (Wildman–Crippen LogP) is 2.92. The molecule has 1 amide bonds. The number of hydrogen-bond acceptors (Lipinski definition) is 4. The van der Waals surface area contributed by atoms with Crippen molar-refractivity contribution in [3.8, 4) is 5.69 Å². The van der Waals surface area contributed by atoms with Gasteiger partial charge in [-0.05, 0) is 55.6 Å². The van der Waals surface area contributed by atoms with Crippen LogP contribution in [0.15, 0.2) is 60.8 Å². The van der Waals surface area contributed by atoms with E-state index in [0.717, 1.165) is 37.3 Å². The van der Waals surface area contributed by atoms with Crippen LogP contribution in [-0.2, 0) is 11.2 Å². The Kier molecular flexibility index (Phi) is 5.25. The highest BCUT2D eigenvalue weighted by Crippen LogP contribution is 2.31. The van der Waals surface area contributed by atoms with Crippen LogP contribution in [0.25, 0.3) is 5.69 Å². The van der Waals surface area contributed by atoms with Crippen molar-refractivity contribution in [2.75, 3.05) is 18.4 Å². The number of aromatic nitrogens is 3. The fourth-order valence-corrected chi connectivity index (χ4v) is 3.52. The van der Waals surface area contributed by atoms with Gasteiger partial charge in [0.1, 0.15) is 0 Å². The molecule has 138 valence electrons. The van der Waals surface area contributed by atoms with Crippen molar-refractivity contribution in [3.63, 3.8) is 0 Å². The average molecular weight is 361 g/mol. The van der Waals surface area contributed by atoms with Crippen molar-refractivity contribution in [3.05, 3.63) is 72.1 Å². The minimum absolute atomic E-state index is 0.0727. The number of anilines is 1. The van der Waals surface area contributed by atoms with Gasteiger partial charge >= 0.3 is 0 Å². The van der Waals surface area contributed by atoms with Crippen LogP contribution < -0.4 is 10.6 Å². The normalized spacial score (nSPS) is 14.8. The number of hydrogen-bond donors (Lipinski definition) is 2. The van der Waals surface area contributed by atoms with E-state index in [2.05, 4.69) is 26.9 Å². The van der Waals surface area contributed by atoms with Crippen LogP contribution >= 0.6 is 0 Å². The summed E-state index contributed by atoms with van der Waals surface area (Å²) >= 11 is 0. The third kappa shape index (κ3) is 4.23. The number of rotatable bonds is 5. The van der Waals surface area contributed by atoms with E-state index >= 15 is 0 Å². The van der Waals surface area contributed by atoms with Gasteiger partial charge in [0, 0.05) is 5.69 Å². The van der Waals surface area contributed by atoms with Gasteiger partial charge < -0.3 is 10.6 Å². The van der Waals surface area contributed by atoms with E-state index in [0.29, 0.717) is 11.6 Å². The summed E-state index contributed by atoms with van der Waals surface area (Å²) in [7, 11) is 0. The zero-order valence-corrected chi connectivity index (χ0v) is 15.1. The number of piperidine rings is 1. The minimum atomic E-state index is -0.0727. The lowest BCUT2D eigenvalue weighted by Crippen LogP contribution is -2.27. The Balaban J connectivity index is 1.44. The van der Waals surface area contributed by atoms with Crippen LogP contribution in [0, 0.1) is 0 Å². The lowest BCUT2D eigenvalue weighted by Gasteiger charge is -2.25. The Morgan fingerprint density at radius 3 is 2.63 bits per heavy atom. The van der Waals surface area contributed by atoms with E-state index in [1.165, 1.54) is 5.56 Å². The molecule has 1 aliphatic rings. The lowest BCUT2D eigenvalue weighted by molar-refractivity contribution is -0.115. The first kappa shape index (κ1) is 17.4. The number of amides is 1. The first-order chi connectivity index (χ1) is 13.3. The van der Waals surface area contributed by atoms with Crippen LogP contribution in [0.3, 0.4) is 0 Å². The van der Waals surface area contributed by atoms with Gasteiger partial charge in [0.25, 0.3) is 0 Å². The maximum Gasteiger partial charge on any atom is 0.230 e. The average Bonchev–Trinajstić information content (AvgIpc) is 3.18. The third-order valence-corrected chi connectivity index (χ3v) is 4.88. The monoisotopic (exact) mass is 361 g/mol. The van der Waals surface area contributed by atoms with Crippen molar-refractivity contribution in [2.24, 2.45) is 0 Å². The van der Waals surface area contributed by atoms with Gasteiger partial charge in [0.05, 0.1) is 24.0 Å². The zero-order valence-electron chi connectivity index (χ0n) is 15.1. The van der Waals surface area contributed by atoms with Crippen molar-refractivity contribution < 1.29 is 4.79 Å². The molecule has 0 saturated carbocycles. The van der Waals surface area contributed by atoms with Crippen LogP contribution in [0.1, 0.15) is 30.0 Å². The highest BCUT2D eigenvalue weighted by molar-refractivity contribution is 5.92. The number of nitrogens with zero attached hydrogens (tertiary/aromatic N) is 3. The first-order valence-electron chi connectivity index (χ1n) is 9.36. The van der Waals surface area contributed by atoms with E-state index in [1.807, 2.05) is 48.5 Å². The standard InChI is InChI=1S/C21H23N5O/c27-21(14-17-15-23-26(25-17)18-6-2-1-3-7-18)24-20-9-5-4-8-19(20)16-10-12-22-13-11-16/h1-9,15-16,22H,10-14H2,(H,24,27). The summed E-state index contributed by atoms with van der Waals surface area (Å²) in [6.45, 7) is 2.05. The molecule has 2 aromatic carbocycles. The molecular formula is C21H23N5O. The number of carbonyl (C=O) groups excluding carboxylic acids is 1. The molecule has 6 heteroatoms. The van der Waals surface area contributed by atoms with Crippen LogP contribution in [0.2, 0.25) is 0 Å². The molecular weight excluding hydrogens is 338 g/mol. The fraction of sp³-hybridized carbons (Fsp3) is 0.286. The van der Waals surface area contributed by atoms with Gasteiger partial charge in [0.2, 0.25) is 5.91 Å². The molecule has 3 aromatic rings. The van der Waals surface area contributed by atoms with Gasteiger partial charge in [-0.2, -0.15) is 15.0 Å². The molecule has 2 N–H and O–H groups in total. The number of carbonyl (C=O) groups is 1. The molecule has 0 spiro atoms. The molecule has 0 bridgehead atoms. The van der Waals surface area contributed by atoms with Gasteiger partial charge in [-0.15, -0.1) is 0 Å². The minimum Gasteiger partial charge on any atom is -0.325 e. The fourth-order valence-electron chi connectivity index (χ4n) is 3.52. The molecule has 0 unspecified atom stereocenters. The number of para-hydroxylation sites is 2. The summed E-state index contributed by atoms with van der Waals surface area (Å²) in [5.41, 5.74) is 3.65. The highest BCUT2D eigenvalue weighted by Gasteiger charge is 2.19. The molecule has 0 radical (unpaired) electrons. The highest BCUT2D eigenvalue weighted by atomic mass is 16.1. The molecule has 27 heavy (non-hydrogen) atoms. The quantitative estimate of drug-likeness (QED) is 0.733. The van der Waals surface area contributed by atoms with Crippen molar-refractivity contribution in [1.82, 2.24) is 20.3 Å². The third-order valence-electron chi connectivity index (χ3n) is 4.88. The van der Waals surface area contributed by atoms with Gasteiger partial charge in [-0.1, -0.05) is 36.4 Å². The zero-order chi connectivity index (χ0) is 18.5. The SMILES string of the molecule is O=C(Cc1cnn(-c2ccccc2)n1)Nc1ccccc1C1CCNCC1. The summed E-state index contributed by atoms with van der Waals surface area (Å²) in [4.78, 5) is 14.1. The molecule has 0 atom stereocenters. The predicted molar refractivity (Wildman–Crippen MR) is 105 cm³/mol. The van der Waals surface area contributed by atoms with Crippen LogP contribution in [0.4, 0.5) is 5.69 Å². The van der Waals surface area contributed by atoms with E-state index < -0.39 is 0 Å². The molecule has 1 aromatic heterocycles. The molecule has 6 nitrogen and oxygen atoms in total. The van der Waals surface area contributed by atoms with Gasteiger partial charge in [-0.25, -0.2) is 0 Å². The van der Waals surface area contributed by atoms with Gasteiger partial charge in [-0.3, -0.25) is 4.79 Å². The van der Waals surface area contributed by atoms with Crippen molar-refractivity contribution >= 4 is 11.6 Å². The Labute approximate surface area is 158 Å².